The molecule has 0 spiro atoms. The van der Waals surface area contributed by atoms with Gasteiger partial charge in [-0.1, -0.05) is 32.1 Å². The van der Waals surface area contributed by atoms with Gasteiger partial charge in [0.2, 0.25) is 0 Å². The summed E-state index contributed by atoms with van der Waals surface area (Å²) in [4.78, 5) is 0. The molecule has 0 heterocycles. The Balaban J connectivity index is 1.87. The molecule has 0 radical (unpaired) electrons. The SMILES string of the molecule is OC[C@@H](O)COCCCC1CCCCC1. The van der Waals surface area contributed by atoms with E-state index >= 15 is 0 Å². The largest absolute Gasteiger partial charge is 0.394 e. The molecule has 0 unspecified atom stereocenters. The van der Waals surface area contributed by atoms with Crippen molar-refractivity contribution in [3.05, 3.63) is 0 Å². The van der Waals surface area contributed by atoms with Crippen LogP contribution < -0.4 is 0 Å². The first-order chi connectivity index (χ1) is 7.33. The van der Waals surface area contributed by atoms with Crippen molar-refractivity contribution < 1.29 is 14.9 Å². The van der Waals surface area contributed by atoms with Gasteiger partial charge in [-0.3, -0.25) is 0 Å². The molecule has 0 aliphatic heterocycles. The van der Waals surface area contributed by atoms with Crippen LogP contribution in [-0.4, -0.2) is 36.1 Å². The zero-order valence-corrected chi connectivity index (χ0v) is 9.53. The maximum absolute atomic E-state index is 9.03. The normalized spacial score (nSPS) is 20.4. The number of aliphatic hydroxyl groups is 2. The predicted molar refractivity (Wildman–Crippen MR) is 59.7 cm³/mol. The minimum atomic E-state index is -0.709. The molecule has 3 heteroatoms. The summed E-state index contributed by atoms with van der Waals surface area (Å²) in [5.41, 5.74) is 0. The van der Waals surface area contributed by atoms with Crippen LogP contribution in [0.1, 0.15) is 44.9 Å². The maximum Gasteiger partial charge on any atom is 0.100 e. The Hall–Kier alpha value is -0.120. The average molecular weight is 216 g/mol. The molecule has 15 heavy (non-hydrogen) atoms. The Morgan fingerprint density at radius 1 is 1.20 bits per heavy atom. The van der Waals surface area contributed by atoms with E-state index in [0.717, 1.165) is 12.3 Å². The van der Waals surface area contributed by atoms with Gasteiger partial charge < -0.3 is 14.9 Å². The van der Waals surface area contributed by atoms with Gasteiger partial charge in [0.1, 0.15) is 6.10 Å². The van der Waals surface area contributed by atoms with Gasteiger partial charge >= 0.3 is 0 Å². The van der Waals surface area contributed by atoms with Gasteiger partial charge in [-0.05, 0) is 18.8 Å². The fourth-order valence-electron chi connectivity index (χ4n) is 2.22. The molecule has 1 atom stereocenters. The summed E-state index contributed by atoms with van der Waals surface area (Å²) in [6, 6.07) is 0. The molecule has 1 fully saturated rings. The molecule has 1 aliphatic carbocycles. The van der Waals surface area contributed by atoms with Gasteiger partial charge in [0, 0.05) is 6.61 Å². The summed E-state index contributed by atoms with van der Waals surface area (Å²) in [7, 11) is 0. The van der Waals surface area contributed by atoms with E-state index in [1.54, 1.807) is 0 Å². The Morgan fingerprint density at radius 2 is 1.93 bits per heavy atom. The highest BCUT2D eigenvalue weighted by atomic mass is 16.5. The quantitative estimate of drug-likeness (QED) is 0.637. The van der Waals surface area contributed by atoms with Gasteiger partial charge in [0.05, 0.1) is 13.2 Å². The van der Waals surface area contributed by atoms with E-state index in [4.69, 9.17) is 14.9 Å². The zero-order chi connectivity index (χ0) is 10.9. The number of hydrogen-bond donors (Lipinski definition) is 2. The molecular formula is C12H24O3. The molecule has 0 bridgehead atoms. The van der Waals surface area contributed by atoms with Crippen molar-refractivity contribution in [1.29, 1.82) is 0 Å². The summed E-state index contributed by atoms with van der Waals surface area (Å²) in [6.07, 6.45) is 8.62. The Labute approximate surface area is 92.4 Å². The highest BCUT2D eigenvalue weighted by Crippen LogP contribution is 2.27. The third-order valence-corrected chi connectivity index (χ3v) is 3.15. The minimum Gasteiger partial charge on any atom is -0.394 e. The standard InChI is InChI=1S/C12H24O3/c13-9-12(14)10-15-8-4-7-11-5-2-1-3-6-11/h11-14H,1-10H2/t12-/m1/s1. The van der Waals surface area contributed by atoms with Crippen molar-refractivity contribution in [3.63, 3.8) is 0 Å². The number of ether oxygens (including phenoxy) is 1. The first kappa shape index (κ1) is 12.9. The topological polar surface area (TPSA) is 49.7 Å². The van der Waals surface area contributed by atoms with E-state index in [0.29, 0.717) is 6.61 Å². The molecule has 90 valence electrons. The average Bonchev–Trinajstić information content (AvgIpc) is 2.29. The van der Waals surface area contributed by atoms with Crippen LogP contribution in [0.3, 0.4) is 0 Å². The monoisotopic (exact) mass is 216 g/mol. The van der Waals surface area contributed by atoms with Crippen LogP contribution in [-0.2, 0) is 4.74 Å². The van der Waals surface area contributed by atoms with Crippen LogP contribution in [0, 0.1) is 5.92 Å². The zero-order valence-electron chi connectivity index (χ0n) is 9.53. The Morgan fingerprint density at radius 3 is 2.60 bits per heavy atom. The molecule has 0 saturated heterocycles. The highest BCUT2D eigenvalue weighted by Gasteiger charge is 2.12. The van der Waals surface area contributed by atoms with E-state index < -0.39 is 6.10 Å². The van der Waals surface area contributed by atoms with Gasteiger partial charge in [-0.25, -0.2) is 0 Å². The number of hydrogen-bond acceptors (Lipinski definition) is 3. The lowest BCUT2D eigenvalue weighted by molar-refractivity contribution is 0.00437. The molecule has 1 aliphatic rings. The molecule has 0 aromatic heterocycles. The molecule has 0 aromatic carbocycles. The van der Waals surface area contributed by atoms with Crippen LogP contribution in [0.15, 0.2) is 0 Å². The van der Waals surface area contributed by atoms with Crippen molar-refractivity contribution in [2.75, 3.05) is 19.8 Å². The van der Waals surface area contributed by atoms with Crippen molar-refractivity contribution in [1.82, 2.24) is 0 Å². The van der Waals surface area contributed by atoms with Gasteiger partial charge in [0.15, 0.2) is 0 Å². The summed E-state index contributed by atoms with van der Waals surface area (Å²) in [5.74, 6) is 0.908. The van der Waals surface area contributed by atoms with E-state index in [1.165, 1.54) is 38.5 Å². The first-order valence-electron chi connectivity index (χ1n) is 6.19. The second-order valence-electron chi connectivity index (χ2n) is 4.56. The second-order valence-corrected chi connectivity index (χ2v) is 4.56. The third-order valence-electron chi connectivity index (χ3n) is 3.15. The smallest absolute Gasteiger partial charge is 0.100 e. The number of aliphatic hydroxyl groups excluding tert-OH is 2. The summed E-state index contributed by atoms with van der Waals surface area (Å²) in [6.45, 7) is 0.775. The Kier molecular flexibility index (Phi) is 6.98. The van der Waals surface area contributed by atoms with Crippen molar-refractivity contribution in [3.8, 4) is 0 Å². The van der Waals surface area contributed by atoms with E-state index in [-0.39, 0.29) is 13.2 Å². The summed E-state index contributed by atoms with van der Waals surface area (Å²) < 4.78 is 5.27. The molecular weight excluding hydrogens is 192 g/mol. The minimum absolute atomic E-state index is 0.206. The highest BCUT2D eigenvalue weighted by molar-refractivity contribution is 4.65. The van der Waals surface area contributed by atoms with Gasteiger partial charge in [-0.2, -0.15) is 0 Å². The van der Waals surface area contributed by atoms with Crippen LogP contribution in [0.4, 0.5) is 0 Å². The van der Waals surface area contributed by atoms with E-state index in [1.807, 2.05) is 0 Å². The lowest BCUT2D eigenvalue weighted by atomic mass is 9.86. The molecule has 0 amide bonds. The van der Waals surface area contributed by atoms with Crippen LogP contribution in [0.2, 0.25) is 0 Å². The predicted octanol–water partition coefficient (Wildman–Crippen LogP) is 1.72. The Bertz CT molecular complexity index is 144. The summed E-state index contributed by atoms with van der Waals surface area (Å²) in [5, 5.41) is 17.6. The second kappa shape index (κ2) is 8.08. The fraction of sp³-hybridized carbons (Fsp3) is 1.00. The van der Waals surface area contributed by atoms with Crippen LogP contribution >= 0.6 is 0 Å². The molecule has 1 saturated carbocycles. The summed E-state index contributed by atoms with van der Waals surface area (Å²) >= 11 is 0. The molecule has 2 N–H and O–H groups in total. The first-order valence-corrected chi connectivity index (χ1v) is 6.19. The molecule has 3 nitrogen and oxygen atoms in total. The molecule has 0 aromatic rings. The lowest BCUT2D eigenvalue weighted by Crippen LogP contribution is -2.19. The van der Waals surface area contributed by atoms with Gasteiger partial charge in [-0.15, -0.1) is 0 Å². The van der Waals surface area contributed by atoms with E-state index in [2.05, 4.69) is 0 Å². The fourth-order valence-corrected chi connectivity index (χ4v) is 2.22. The maximum atomic E-state index is 9.03. The van der Waals surface area contributed by atoms with Crippen molar-refractivity contribution in [2.24, 2.45) is 5.92 Å². The van der Waals surface area contributed by atoms with E-state index in [9.17, 15) is 0 Å². The third kappa shape index (κ3) is 6.13. The number of rotatable bonds is 7. The van der Waals surface area contributed by atoms with Crippen molar-refractivity contribution in [2.45, 2.75) is 51.0 Å². The molecule has 1 rings (SSSR count). The van der Waals surface area contributed by atoms with Crippen molar-refractivity contribution >= 4 is 0 Å². The van der Waals surface area contributed by atoms with Gasteiger partial charge in [0.25, 0.3) is 0 Å². The van der Waals surface area contributed by atoms with Crippen LogP contribution in [0.5, 0.6) is 0 Å². The lowest BCUT2D eigenvalue weighted by Gasteiger charge is -2.21. The van der Waals surface area contributed by atoms with Crippen LogP contribution in [0.25, 0.3) is 0 Å².